The summed E-state index contributed by atoms with van der Waals surface area (Å²) in [4.78, 5) is 45.4. The summed E-state index contributed by atoms with van der Waals surface area (Å²) in [7, 11) is 0. The third-order valence-corrected chi connectivity index (χ3v) is 8.03. The van der Waals surface area contributed by atoms with Crippen molar-refractivity contribution in [3.05, 3.63) is 108 Å². The first-order valence-electron chi connectivity index (χ1n) is 14.5. The summed E-state index contributed by atoms with van der Waals surface area (Å²) in [5.74, 6) is 0.924. The SMILES string of the molecule is NC(=O)c1ccc(C2CCN(Cc3ccccc3N3CCC(=O)NC3=O)CC2)nc1-c1ccc(Oc2ccccc2)cc1. The van der Waals surface area contributed by atoms with E-state index in [0.717, 1.165) is 54.2 Å². The second-order valence-electron chi connectivity index (χ2n) is 10.9. The molecule has 218 valence electrons. The summed E-state index contributed by atoms with van der Waals surface area (Å²) in [6, 6.07) is 28.3. The fourth-order valence-electron chi connectivity index (χ4n) is 5.76. The van der Waals surface area contributed by atoms with Crippen LogP contribution in [0.3, 0.4) is 0 Å². The number of nitrogens with one attached hydrogen (secondary N) is 1. The number of ether oxygens (including phenoxy) is 1. The number of benzene rings is 3. The number of nitrogens with zero attached hydrogens (tertiary/aromatic N) is 3. The largest absolute Gasteiger partial charge is 0.457 e. The van der Waals surface area contributed by atoms with Crippen LogP contribution in [0.25, 0.3) is 11.3 Å². The van der Waals surface area contributed by atoms with E-state index in [4.69, 9.17) is 15.5 Å². The van der Waals surface area contributed by atoms with Gasteiger partial charge >= 0.3 is 6.03 Å². The van der Waals surface area contributed by atoms with Crippen molar-refractivity contribution < 1.29 is 19.1 Å². The first kappa shape index (κ1) is 28.1. The van der Waals surface area contributed by atoms with Gasteiger partial charge in [0.25, 0.3) is 5.91 Å². The molecule has 2 fully saturated rings. The highest BCUT2D eigenvalue weighted by molar-refractivity contribution is 6.06. The van der Waals surface area contributed by atoms with Crippen molar-refractivity contribution in [2.45, 2.75) is 31.7 Å². The number of pyridine rings is 1. The van der Waals surface area contributed by atoms with Crippen LogP contribution >= 0.6 is 0 Å². The Bertz CT molecular complexity index is 1630. The molecule has 0 bridgehead atoms. The van der Waals surface area contributed by atoms with Crippen LogP contribution in [0, 0.1) is 0 Å². The van der Waals surface area contributed by atoms with E-state index in [-0.39, 0.29) is 17.9 Å². The van der Waals surface area contributed by atoms with E-state index in [1.165, 1.54) is 0 Å². The summed E-state index contributed by atoms with van der Waals surface area (Å²) >= 11 is 0. The van der Waals surface area contributed by atoms with Gasteiger partial charge in [0.15, 0.2) is 0 Å². The number of piperidine rings is 1. The molecule has 9 nitrogen and oxygen atoms in total. The lowest BCUT2D eigenvalue weighted by Gasteiger charge is -2.34. The molecule has 3 heterocycles. The topological polar surface area (TPSA) is 118 Å². The average Bonchev–Trinajstić information content (AvgIpc) is 3.02. The van der Waals surface area contributed by atoms with E-state index in [1.807, 2.05) is 84.9 Å². The van der Waals surface area contributed by atoms with Gasteiger partial charge in [-0.2, -0.15) is 0 Å². The van der Waals surface area contributed by atoms with Gasteiger partial charge in [0, 0.05) is 42.4 Å². The maximum Gasteiger partial charge on any atom is 0.328 e. The lowest BCUT2D eigenvalue weighted by Crippen LogP contribution is -2.50. The van der Waals surface area contributed by atoms with Crippen LogP contribution in [-0.2, 0) is 11.3 Å². The molecule has 0 unspecified atom stereocenters. The van der Waals surface area contributed by atoms with Crippen LogP contribution in [0.15, 0.2) is 91.0 Å². The Labute approximate surface area is 250 Å². The van der Waals surface area contributed by atoms with Crippen molar-refractivity contribution >= 4 is 23.5 Å². The number of aromatic nitrogens is 1. The second kappa shape index (κ2) is 12.5. The number of hydrogen-bond donors (Lipinski definition) is 2. The Morgan fingerprint density at radius 3 is 2.28 bits per heavy atom. The summed E-state index contributed by atoms with van der Waals surface area (Å²) in [6.07, 6.45) is 2.11. The number of amides is 4. The third kappa shape index (κ3) is 6.42. The van der Waals surface area contributed by atoms with E-state index < -0.39 is 5.91 Å². The molecule has 43 heavy (non-hydrogen) atoms. The fourth-order valence-corrected chi connectivity index (χ4v) is 5.76. The van der Waals surface area contributed by atoms with Crippen molar-refractivity contribution in [1.29, 1.82) is 0 Å². The van der Waals surface area contributed by atoms with E-state index in [0.29, 0.717) is 36.5 Å². The number of imide groups is 1. The van der Waals surface area contributed by atoms with Gasteiger partial charge in [0.05, 0.1) is 11.3 Å². The maximum absolute atomic E-state index is 12.5. The molecule has 0 radical (unpaired) electrons. The number of likely N-dealkylation sites (tertiary alicyclic amines) is 1. The Kier molecular flexibility index (Phi) is 8.15. The van der Waals surface area contributed by atoms with E-state index in [1.54, 1.807) is 11.0 Å². The summed E-state index contributed by atoms with van der Waals surface area (Å²) in [5, 5.41) is 2.41. The van der Waals surface area contributed by atoms with Gasteiger partial charge in [0.1, 0.15) is 11.5 Å². The van der Waals surface area contributed by atoms with Gasteiger partial charge in [-0.05, 0) is 86.1 Å². The van der Waals surface area contributed by atoms with Crippen LogP contribution in [-0.4, -0.2) is 47.4 Å². The van der Waals surface area contributed by atoms with Crippen molar-refractivity contribution in [1.82, 2.24) is 15.2 Å². The molecule has 6 rings (SSSR count). The minimum atomic E-state index is -0.515. The number of para-hydroxylation sites is 2. The zero-order valence-corrected chi connectivity index (χ0v) is 23.7. The van der Waals surface area contributed by atoms with Crippen molar-refractivity contribution in [3.63, 3.8) is 0 Å². The molecule has 9 heteroatoms. The number of hydrogen-bond acceptors (Lipinski definition) is 6. The minimum Gasteiger partial charge on any atom is -0.457 e. The average molecular weight is 576 g/mol. The van der Waals surface area contributed by atoms with E-state index >= 15 is 0 Å². The van der Waals surface area contributed by atoms with Crippen LogP contribution in [0.2, 0.25) is 0 Å². The second-order valence-corrected chi connectivity index (χ2v) is 10.9. The molecule has 0 saturated carbocycles. The zero-order chi connectivity index (χ0) is 29.8. The van der Waals surface area contributed by atoms with Crippen LogP contribution < -0.4 is 20.7 Å². The third-order valence-electron chi connectivity index (χ3n) is 8.03. The molecular formula is C34H33N5O4. The molecule has 2 aliphatic rings. The first-order valence-corrected chi connectivity index (χ1v) is 14.5. The predicted molar refractivity (Wildman–Crippen MR) is 164 cm³/mol. The van der Waals surface area contributed by atoms with Gasteiger partial charge in [-0.15, -0.1) is 0 Å². The van der Waals surface area contributed by atoms with E-state index in [9.17, 15) is 14.4 Å². The summed E-state index contributed by atoms with van der Waals surface area (Å²) < 4.78 is 5.92. The molecule has 0 spiro atoms. The highest BCUT2D eigenvalue weighted by Crippen LogP contribution is 2.33. The normalized spacial score (nSPS) is 16.1. The van der Waals surface area contributed by atoms with Gasteiger partial charge in [-0.25, -0.2) is 4.79 Å². The monoisotopic (exact) mass is 575 g/mol. The lowest BCUT2D eigenvalue weighted by molar-refractivity contribution is -0.120. The van der Waals surface area contributed by atoms with Crippen molar-refractivity contribution in [3.8, 4) is 22.8 Å². The molecule has 3 aromatic carbocycles. The predicted octanol–water partition coefficient (Wildman–Crippen LogP) is 5.47. The highest BCUT2D eigenvalue weighted by Gasteiger charge is 2.28. The fraction of sp³-hybridized carbons (Fsp3) is 0.235. The van der Waals surface area contributed by atoms with Crippen LogP contribution in [0.5, 0.6) is 11.5 Å². The molecule has 4 amide bonds. The highest BCUT2D eigenvalue weighted by atomic mass is 16.5. The molecule has 2 saturated heterocycles. The number of urea groups is 1. The summed E-state index contributed by atoms with van der Waals surface area (Å²) in [5.41, 5.74) is 10.3. The Hall–Kier alpha value is -5.02. The zero-order valence-electron chi connectivity index (χ0n) is 23.7. The number of anilines is 1. The van der Waals surface area contributed by atoms with Crippen molar-refractivity contribution in [2.75, 3.05) is 24.5 Å². The van der Waals surface area contributed by atoms with Gasteiger partial charge in [-0.1, -0.05) is 36.4 Å². The number of rotatable bonds is 8. The van der Waals surface area contributed by atoms with Crippen molar-refractivity contribution in [2.24, 2.45) is 5.73 Å². The Morgan fingerprint density at radius 1 is 0.860 bits per heavy atom. The lowest BCUT2D eigenvalue weighted by atomic mass is 9.91. The molecule has 1 aromatic heterocycles. The smallest absolute Gasteiger partial charge is 0.328 e. The molecular weight excluding hydrogens is 542 g/mol. The van der Waals surface area contributed by atoms with E-state index in [2.05, 4.69) is 10.2 Å². The van der Waals surface area contributed by atoms with Crippen LogP contribution in [0.4, 0.5) is 10.5 Å². The standard InChI is InChI=1S/C34H33N5O4/c35-33(41)28-14-15-29(36-32(28)24-10-12-27(13-11-24)43-26-7-2-1-3-8-26)23-16-19-38(20-17-23)22-25-6-4-5-9-30(25)39-21-18-31(40)37-34(39)42/h1-15,23H,16-22H2,(H2,35,41)(H,37,40,42). The number of carbonyl (C=O) groups excluding carboxylic acids is 3. The first-order chi connectivity index (χ1) is 20.9. The molecule has 2 aliphatic heterocycles. The van der Waals surface area contributed by atoms with Gasteiger partial charge in [-0.3, -0.25) is 29.7 Å². The molecule has 3 N–H and O–H groups in total. The Balaban J connectivity index is 1.14. The number of nitrogens with two attached hydrogens (primary N) is 1. The number of carbonyl (C=O) groups is 3. The van der Waals surface area contributed by atoms with Crippen LogP contribution in [0.1, 0.15) is 46.8 Å². The minimum absolute atomic E-state index is 0.240. The Morgan fingerprint density at radius 2 is 1.56 bits per heavy atom. The maximum atomic E-state index is 12.5. The number of primary amides is 1. The quantitative estimate of drug-likeness (QED) is 0.288. The van der Waals surface area contributed by atoms with Gasteiger partial charge in [0.2, 0.25) is 5.91 Å². The summed E-state index contributed by atoms with van der Waals surface area (Å²) in [6.45, 7) is 2.81. The molecule has 4 aromatic rings. The van der Waals surface area contributed by atoms with Gasteiger partial charge < -0.3 is 10.5 Å². The molecule has 0 atom stereocenters. The molecule has 0 aliphatic carbocycles.